The first kappa shape index (κ1) is 28.0. The van der Waals surface area contributed by atoms with E-state index in [4.69, 9.17) is 21.1 Å². The van der Waals surface area contributed by atoms with Crippen LogP contribution in [0.5, 0.6) is 5.75 Å². The number of carbonyl (C=O) groups excluding carboxylic acids is 3. The van der Waals surface area contributed by atoms with E-state index in [0.29, 0.717) is 17.1 Å². The molecule has 2 heterocycles. The molecule has 204 valence electrons. The molecule has 0 bridgehead atoms. The number of rotatable bonds is 9. The highest BCUT2D eigenvalue weighted by Crippen LogP contribution is 2.31. The molecular formula is C28H23ClN4O7. The fourth-order valence-electron chi connectivity index (χ4n) is 3.88. The standard InChI is InChI=1S/C28H23ClN4O7/c1-3-39-27(35)26-24(31-28(36)40-22-13-11-21(12-14-22)33(37)38)16-25(29)32(26)20-9-7-18(8-10-20)23-6-4-5-19(30-23)15-17(2)34/h4-14,16H,3,15H2,1-2H3,(H,31,36). The second kappa shape index (κ2) is 12.2. The molecule has 11 nitrogen and oxygen atoms in total. The maximum absolute atomic E-state index is 12.9. The van der Waals surface area contributed by atoms with Gasteiger partial charge in [-0.05, 0) is 50.2 Å². The van der Waals surface area contributed by atoms with Crippen molar-refractivity contribution < 1.29 is 28.8 Å². The van der Waals surface area contributed by atoms with Gasteiger partial charge in [-0.25, -0.2) is 9.59 Å². The normalized spacial score (nSPS) is 10.6. The summed E-state index contributed by atoms with van der Waals surface area (Å²) in [6, 6.07) is 18.8. The summed E-state index contributed by atoms with van der Waals surface area (Å²) in [4.78, 5) is 51.8. The van der Waals surface area contributed by atoms with Crippen molar-refractivity contribution in [2.45, 2.75) is 20.3 Å². The van der Waals surface area contributed by atoms with E-state index in [1.165, 1.54) is 41.8 Å². The number of ketones is 1. The van der Waals surface area contributed by atoms with Crippen LogP contribution in [0.1, 0.15) is 30.0 Å². The number of nitrogens with one attached hydrogen (secondary N) is 1. The molecule has 0 aliphatic heterocycles. The molecular weight excluding hydrogens is 540 g/mol. The maximum Gasteiger partial charge on any atom is 0.417 e. The molecule has 0 aliphatic rings. The molecule has 40 heavy (non-hydrogen) atoms. The predicted molar refractivity (Wildman–Crippen MR) is 147 cm³/mol. The van der Waals surface area contributed by atoms with Crippen LogP contribution < -0.4 is 10.1 Å². The van der Waals surface area contributed by atoms with Crippen molar-refractivity contribution in [2.24, 2.45) is 0 Å². The molecule has 0 unspecified atom stereocenters. The number of ether oxygens (including phenoxy) is 2. The van der Waals surface area contributed by atoms with Crippen molar-refractivity contribution in [3.8, 4) is 22.7 Å². The lowest BCUT2D eigenvalue weighted by Gasteiger charge is -2.13. The minimum absolute atomic E-state index is 0.00906. The van der Waals surface area contributed by atoms with E-state index in [9.17, 15) is 24.5 Å². The number of nitro benzene ring substituents is 1. The largest absolute Gasteiger partial charge is 0.461 e. The van der Waals surface area contributed by atoms with Gasteiger partial charge in [-0.15, -0.1) is 0 Å². The predicted octanol–water partition coefficient (Wildman–Crippen LogP) is 6.02. The number of benzene rings is 2. The van der Waals surface area contributed by atoms with Crippen molar-refractivity contribution in [3.63, 3.8) is 0 Å². The molecule has 0 saturated carbocycles. The van der Waals surface area contributed by atoms with Gasteiger partial charge in [0.15, 0.2) is 5.69 Å². The van der Waals surface area contributed by atoms with Gasteiger partial charge in [0.25, 0.3) is 5.69 Å². The van der Waals surface area contributed by atoms with Gasteiger partial charge in [0.1, 0.15) is 16.7 Å². The Labute approximate surface area is 233 Å². The van der Waals surface area contributed by atoms with Crippen LogP contribution in [0.4, 0.5) is 16.2 Å². The maximum atomic E-state index is 12.9. The number of Topliss-reactive ketones (excluding diaryl/α,β-unsaturated/α-hetero) is 1. The van der Waals surface area contributed by atoms with Crippen molar-refractivity contribution in [2.75, 3.05) is 11.9 Å². The summed E-state index contributed by atoms with van der Waals surface area (Å²) in [5.74, 6) is -0.666. The number of non-ortho nitro benzene ring substituents is 1. The van der Waals surface area contributed by atoms with Crippen molar-refractivity contribution >= 4 is 40.8 Å². The molecule has 4 rings (SSSR count). The summed E-state index contributed by atoms with van der Waals surface area (Å²) >= 11 is 6.50. The number of aromatic nitrogens is 2. The van der Waals surface area contributed by atoms with Crippen molar-refractivity contribution in [3.05, 3.63) is 99.5 Å². The zero-order valence-electron chi connectivity index (χ0n) is 21.4. The van der Waals surface area contributed by atoms with Crippen LogP contribution in [0, 0.1) is 10.1 Å². The van der Waals surface area contributed by atoms with Gasteiger partial charge in [-0.3, -0.25) is 29.8 Å². The number of nitro groups is 1. The third-order valence-corrected chi connectivity index (χ3v) is 5.86. The van der Waals surface area contributed by atoms with Crippen LogP contribution in [-0.2, 0) is 16.0 Å². The highest BCUT2D eigenvalue weighted by atomic mass is 35.5. The summed E-state index contributed by atoms with van der Waals surface area (Å²) in [5, 5.41) is 13.4. The lowest BCUT2D eigenvalue weighted by Crippen LogP contribution is -2.20. The summed E-state index contributed by atoms with van der Waals surface area (Å²) in [6.45, 7) is 3.23. The van der Waals surface area contributed by atoms with Crippen LogP contribution in [0.15, 0.2) is 72.8 Å². The van der Waals surface area contributed by atoms with Crippen molar-refractivity contribution in [1.82, 2.24) is 9.55 Å². The number of pyridine rings is 1. The van der Waals surface area contributed by atoms with E-state index in [2.05, 4.69) is 10.3 Å². The molecule has 4 aromatic rings. The fraction of sp³-hybridized carbons (Fsp3) is 0.143. The number of nitrogens with zero attached hydrogens (tertiary/aromatic N) is 3. The number of anilines is 1. The Morgan fingerprint density at radius 2 is 1.75 bits per heavy atom. The van der Waals surface area contributed by atoms with Gasteiger partial charge in [0, 0.05) is 41.6 Å². The minimum atomic E-state index is -0.944. The Morgan fingerprint density at radius 1 is 1.05 bits per heavy atom. The van der Waals surface area contributed by atoms with Crippen LogP contribution in [0.25, 0.3) is 16.9 Å². The van der Waals surface area contributed by atoms with E-state index >= 15 is 0 Å². The fourth-order valence-corrected chi connectivity index (χ4v) is 4.17. The molecule has 2 aromatic carbocycles. The monoisotopic (exact) mass is 562 g/mol. The zero-order chi connectivity index (χ0) is 28.8. The molecule has 0 saturated heterocycles. The molecule has 12 heteroatoms. The van der Waals surface area contributed by atoms with Gasteiger partial charge in [0.05, 0.1) is 22.9 Å². The van der Waals surface area contributed by atoms with E-state index in [-0.39, 0.29) is 46.8 Å². The lowest BCUT2D eigenvalue weighted by molar-refractivity contribution is -0.384. The molecule has 0 aliphatic carbocycles. The lowest BCUT2D eigenvalue weighted by atomic mass is 10.1. The summed E-state index contributed by atoms with van der Waals surface area (Å²) in [7, 11) is 0. The molecule has 0 radical (unpaired) electrons. The SMILES string of the molecule is CCOC(=O)c1c(NC(=O)Oc2ccc([N+](=O)[O-])cc2)cc(Cl)n1-c1ccc(-c2cccc(CC(C)=O)n2)cc1. The Hall–Kier alpha value is -5.03. The first-order valence-corrected chi connectivity index (χ1v) is 12.4. The second-order valence-electron chi connectivity index (χ2n) is 8.49. The van der Waals surface area contributed by atoms with Gasteiger partial charge < -0.3 is 9.47 Å². The quantitative estimate of drug-likeness (QED) is 0.148. The molecule has 0 atom stereocenters. The first-order valence-electron chi connectivity index (χ1n) is 12.0. The smallest absolute Gasteiger partial charge is 0.417 e. The number of hydrogen-bond acceptors (Lipinski definition) is 8. The highest BCUT2D eigenvalue weighted by Gasteiger charge is 2.25. The van der Waals surface area contributed by atoms with Crippen molar-refractivity contribution in [1.29, 1.82) is 0 Å². The van der Waals surface area contributed by atoms with E-state index in [1.807, 2.05) is 12.1 Å². The van der Waals surface area contributed by atoms with Crippen LogP contribution >= 0.6 is 11.6 Å². The zero-order valence-corrected chi connectivity index (χ0v) is 22.2. The molecule has 1 N–H and O–H groups in total. The average molecular weight is 563 g/mol. The Balaban J connectivity index is 1.62. The summed E-state index contributed by atoms with van der Waals surface area (Å²) in [5.41, 5.74) is 2.45. The first-order chi connectivity index (χ1) is 19.2. The number of amides is 1. The summed E-state index contributed by atoms with van der Waals surface area (Å²) < 4.78 is 11.8. The van der Waals surface area contributed by atoms with Gasteiger partial charge >= 0.3 is 12.1 Å². The number of hydrogen-bond donors (Lipinski definition) is 1. The third kappa shape index (κ3) is 6.51. The molecule has 1 amide bonds. The molecule has 2 aromatic heterocycles. The average Bonchev–Trinajstić information content (AvgIpc) is 3.24. The number of halogens is 1. The Bertz CT molecular complexity index is 1580. The minimum Gasteiger partial charge on any atom is -0.461 e. The van der Waals surface area contributed by atoms with E-state index in [0.717, 1.165) is 5.56 Å². The van der Waals surface area contributed by atoms with Gasteiger partial charge in [0.2, 0.25) is 0 Å². The summed E-state index contributed by atoms with van der Waals surface area (Å²) in [6.07, 6.45) is -0.712. The van der Waals surface area contributed by atoms with E-state index in [1.54, 1.807) is 37.3 Å². The topological polar surface area (TPSA) is 143 Å². The Kier molecular flexibility index (Phi) is 8.55. The third-order valence-electron chi connectivity index (χ3n) is 5.58. The second-order valence-corrected chi connectivity index (χ2v) is 8.88. The molecule has 0 fully saturated rings. The van der Waals surface area contributed by atoms with Gasteiger partial charge in [-0.1, -0.05) is 29.8 Å². The Morgan fingerprint density at radius 3 is 2.38 bits per heavy atom. The highest BCUT2D eigenvalue weighted by molar-refractivity contribution is 6.31. The van der Waals surface area contributed by atoms with E-state index < -0.39 is 17.0 Å². The number of esters is 1. The number of carbonyl (C=O) groups is 3. The van der Waals surface area contributed by atoms with Crippen LogP contribution in [0.2, 0.25) is 5.15 Å². The molecule has 0 spiro atoms. The van der Waals surface area contributed by atoms with Gasteiger partial charge in [-0.2, -0.15) is 0 Å². The van der Waals surface area contributed by atoms with Crippen LogP contribution in [0.3, 0.4) is 0 Å². The van der Waals surface area contributed by atoms with Crippen LogP contribution in [-0.4, -0.2) is 38.9 Å².